The van der Waals surface area contributed by atoms with Crippen LogP contribution in [0.15, 0.2) is 48.5 Å². The lowest BCUT2D eigenvalue weighted by Gasteiger charge is -2.40. The van der Waals surface area contributed by atoms with Crippen LogP contribution in [-0.4, -0.2) is 42.9 Å². The van der Waals surface area contributed by atoms with E-state index in [4.69, 9.17) is 15.9 Å². The predicted molar refractivity (Wildman–Crippen MR) is 123 cm³/mol. The van der Waals surface area contributed by atoms with Crippen LogP contribution in [0.4, 0.5) is 18.9 Å². The van der Waals surface area contributed by atoms with Crippen molar-refractivity contribution in [3.63, 3.8) is 0 Å². The van der Waals surface area contributed by atoms with E-state index in [1.807, 2.05) is 29.2 Å². The molecule has 0 aromatic heterocycles. The van der Waals surface area contributed by atoms with Gasteiger partial charge in [0.2, 0.25) is 0 Å². The molecule has 1 unspecified atom stereocenters. The first kappa shape index (κ1) is 24.7. The number of piperidine rings is 1. The summed E-state index contributed by atoms with van der Waals surface area (Å²) in [6, 6.07) is 13.4. The number of nitrogens with two attached hydrogens (primary N) is 1. The maximum absolute atomic E-state index is 12.3. The first-order chi connectivity index (χ1) is 15.8. The third kappa shape index (κ3) is 7.28. The molecule has 1 aliphatic heterocycles. The van der Waals surface area contributed by atoms with Crippen LogP contribution < -0.4 is 20.1 Å². The smallest absolute Gasteiger partial charge is 0.489 e. The van der Waals surface area contributed by atoms with Gasteiger partial charge in [0.05, 0.1) is 0 Å². The summed E-state index contributed by atoms with van der Waals surface area (Å²) < 4.78 is 46.5. The zero-order valence-corrected chi connectivity index (χ0v) is 18.8. The van der Waals surface area contributed by atoms with Gasteiger partial charge in [-0.25, -0.2) is 0 Å². The van der Waals surface area contributed by atoms with Crippen molar-refractivity contribution in [3.05, 3.63) is 54.1 Å². The highest BCUT2D eigenvalue weighted by molar-refractivity contribution is 5.94. The van der Waals surface area contributed by atoms with Crippen molar-refractivity contribution >= 4 is 11.6 Å². The van der Waals surface area contributed by atoms with Crippen LogP contribution in [0.2, 0.25) is 0 Å². The molecule has 0 bridgehead atoms. The highest BCUT2D eigenvalue weighted by atomic mass is 19.4. The molecular weight excluding hydrogens is 433 g/mol. The SMILES string of the molecule is CC1CCCCN1C(=N)N(CCCN)c1ccc(OCc2ccc(OC(F)(F)F)cc2)cc1. The summed E-state index contributed by atoms with van der Waals surface area (Å²) in [4.78, 5) is 4.13. The lowest BCUT2D eigenvalue weighted by molar-refractivity contribution is -0.274. The first-order valence-electron chi connectivity index (χ1n) is 11.2. The fraction of sp³-hybridized carbons (Fsp3) is 0.458. The molecule has 0 aliphatic carbocycles. The minimum Gasteiger partial charge on any atom is -0.489 e. The standard InChI is InChI=1S/C24H31F3N4O2/c1-18-5-2-3-15-30(18)23(29)31(16-4-14-28)20-8-12-21(13-9-20)32-17-19-6-10-22(11-7-19)33-24(25,26)27/h6-13,18,29H,2-5,14-17,28H2,1H3. The van der Waals surface area contributed by atoms with E-state index in [1.54, 1.807) is 0 Å². The molecular formula is C24H31F3N4O2. The molecule has 3 N–H and O–H groups in total. The van der Waals surface area contributed by atoms with E-state index in [9.17, 15) is 13.2 Å². The quantitative estimate of drug-likeness (QED) is 0.419. The molecule has 1 fully saturated rings. The number of alkyl halides is 3. The first-order valence-corrected chi connectivity index (χ1v) is 11.2. The van der Waals surface area contributed by atoms with Crippen LogP contribution in [-0.2, 0) is 6.61 Å². The average Bonchev–Trinajstić information content (AvgIpc) is 2.79. The van der Waals surface area contributed by atoms with Gasteiger partial charge < -0.3 is 25.0 Å². The van der Waals surface area contributed by atoms with Gasteiger partial charge in [-0.2, -0.15) is 0 Å². The molecule has 6 nitrogen and oxygen atoms in total. The Bertz CT molecular complexity index is 888. The average molecular weight is 465 g/mol. The Morgan fingerprint density at radius 2 is 1.76 bits per heavy atom. The van der Waals surface area contributed by atoms with Crippen molar-refractivity contribution in [2.75, 3.05) is 24.5 Å². The molecule has 180 valence electrons. The molecule has 2 aromatic rings. The van der Waals surface area contributed by atoms with Crippen LogP contribution in [0.25, 0.3) is 0 Å². The highest BCUT2D eigenvalue weighted by Gasteiger charge is 2.31. The zero-order chi connectivity index (χ0) is 23.8. The van der Waals surface area contributed by atoms with Gasteiger partial charge in [0.15, 0.2) is 5.96 Å². The van der Waals surface area contributed by atoms with Gasteiger partial charge >= 0.3 is 6.36 Å². The van der Waals surface area contributed by atoms with Crippen LogP contribution in [0, 0.1) is 5.41 Å². The molecule has 1 atom stereocenters. The second kappa shape index (κ2) is 11.3. The van der Waals surface area contributed by atoms with Crippen molar-refractivity contribution in [1.82, 2.24) is 4.90 Å². The number of anilines is 1. The second-order valence-electron chi connectivity index (χ2n) is 8.13. The Kier molecular flexibility index (Phi) is 8.43. The van der Waals surface area contributed by atoms with Crippen molar-refractivity contribution < 1.29 is 22.6 Å². The predicted octanol–water partition coefficient (Wildman–Crippen LogP) is 5.13. The van der Waals surface area contributed by atoms with Crippen LogP contribution in [0.3, 0.4) is 0 Å². The molecule has 3 rings (SSSR count). The number of hydrogen-bond donors (Lipinski definition) is 2. The monoisotopic (exact) mass is 464 g/mol. The number of halogens is 3. The van der Waals surface area contributed by atoms with Gasteiger partial charge in [-0.05, 0) is 81.1 Å². The molecule has 2 aromatic carbocycles. The topological polar surface area (TPSA) is 74.8 Å². The summed E-state index contributed by atoms with van der Waals surface area (Å²) in [7, 11) is 0. The maximum atomic E-state index is 12.3. The molecule has 33 heavy (non-hydrogen) atoms. The van der Waals surface area contributed by atoms with Gasteiger partial charge in [0, 0.05) is 24.8 Å². The van der Waals surface area contributed by atoms with E-state index in [2.05, 4.69) is 16.6 Å². The van der Waals surface area contributed by atoms with Crippen LogP contribution in [0.5, 0.6) is 11.5 Å². The highest BCUT2D eigenvalue weighted by Crippen LogP contribution is 2.26. The summed E-state index contributed by atoms with van der Waals surface area (Å²) >= 11 is 0. The number of ether oxygens (including phenoxy) is 2. The maximum Gasteiger partial charge on any atom is 0.573 e. The van der Waals surface area contributed by atoms with Gasteiger partial charge in [0.1, 0.15) is 18.1 Å². The van der Waals surface area contributed by atoms with Crippen molar-refractivity contribution in [2.24, 2.45) is 5.73 Å². The Morgan fingerprint density at radius 1 is 1.09 bits per heavy atom. The summed E-state index contributed by atoms with van der Waals surface area (Å²) in [6.45, 7) is 4.46. The summed E-state index contributed by atoms with van der Waals surface area (Å²) in [5.41, 5.74) is 7.34. The van der Waals surface area contributed by atoms with E-state index < -0.39 is 6.36 Å². The van der Waals surface area contributed by atoms with E-state index in [0.717, 1.165) is 37.1 Å². The Balaban J connectivity index is 1.62. The van der Waals surface area contributed by atoms with E-state index in [-0.39, 0.29) is 12.4 Å². The third-order valence-corrected chi connectivity index (χ3v) is 5.63. The largest absolute Gasteiger partial charge is 0.573 e. The van der Waals surface area contributed by atoms with Crippen molar-refractivity contribution in [1.29, 1.82) is 5.41 Å². The molecule has 0 amide bonds. The number of hydrogen-bond acceptors (Lipinski definition) is 4. The number of benzene rings is 2. The van der Waals surface area contributed by atoms with Gasteiger partial charge in [-0.3, -0.25) is 5.41 Å². The van der Waals surface area contributed by atoms with E-state index >= 15 is 0 Å². The van der Waals surface area contributed by atoms with E-state index in [1.165, 1.54) is 30.7 Å². The molecule has 0 saturated carbocycles. The lowest BCUT2D eigenvalue weighted by atomic mass is 10.0. The minimum atomic E-state index is -4.71. The second-order valence-corrected chi connectivity index (χ2v) is 8.13. The zero-order valence-electron chi connectivity index (χ0n) is 18.8. The third-order valence-electron chi connectivity index (χ3n) is 5.63. The molecule has 1 heterocycles. The van der Waals surface area contributed by atoms with Crippen molar-refractivity contribution in [3.8, 4) is 11.5 Å². The van der Waals surface area contributed by atoms with Gasteiger partial charge in [-0.15, -0.1) is 13.2 Å². The Hall–Kier alpha value is -2.94. The molecule has 0 radical (unpaired) electrons. The number of nitrogens with one attached hydrogen (secondary N) is 1. The molecule has 1 saturated heterocycles. The van der Waals surface area contributed by atoms with Crippen molar-refractivity contribution in [2.45, 2.75) is 51.6 Å². The summed E-state index contributed by atoms with van der Waals surface area (Å²) in [6.07, 6.45) is -0.564. The van der Waals surface area contributed by atoms with Crippen LogP contribution >= 0.6 is 0 Å². The number of likely N-dealkylation sites (tertiary alicyclic amines) is 1. The number of nitrogens with zero attached hydrogens (tertiary/aromatic N) is 2. The Morgan fingerprint density at radius 3 is 2.36 bits per heavy atom. The lowest BCUT2D eigenvalue weighted by Crippen LogP contribution is -2.50. The fourth-order valence-electron chi connectivity index (χ4n) is 3.85. The minimum absolute atomic E-state index is 0.212. The molecule has 1 aliphatic rings. The van der Waals surface area contributed by atoms with Gasteiger partial charge in [-0.1, -0.05) is 12.1 Å². The molecule has 9 heteroatoms. The van der Waals surface area contributed by atoms with E-state index in [0.29, 0.717) is 30.8 Å². The fourth-order valence-corrected chi connectivity index (χ4v) is 3.85. The Labute approximate surface area is 192 Å². The number of guanidine groups is 1. The summed E-state index contributed by atoms with van der Waals surface area (Å²) in [5, 5.41) is 8.80. The van der Waals surface area contributed by atoms with Gasteiger partial charge in [0.25, 0.3) is 0 Å². The molecule has 0 spiro atoms. The summed E-state index contributed by atoms with van der Waals surface area (Å²) in [5.74, 6) is 0.857. The van der Waals surface area contributed by atoms with Crippen LogP contribution in [0.1, 0.15) is 38.2 Å². The number of rotatable bonds is 8. The normalized spacial score (nSPS) is 16.4.